The Morgan fingerprint density at radius 1 is 1.36 bits per heavy atom. The molecule has 0 unspecified atom stereocenters. The second kappa shape index (κ2) is 7.75. The van der Waals surface area contributed by atoms with Gasteiger partial charge in [0.05, 0.1) is 3.58 Å². The highest BCUT2D eigenvalue weighted by molar-refractivity contribution is 14.1. The second-order valence-corrected chi connectivity index (χ2v) is 3.61. The van der Waals surface area contributed by atoms with Gasteiger partial charge in [0, 0.05) is 13.2 Å². The summed E-state index contributed by atoms with van der Waals surface area (Å²) in [6.45, 7) is 5.29. The second-order valence-electron chi connectivity index (χ2n) is 1.74. The normalized spacial score (nSPS) is 12.6. The third-order valence-electron chi connectivity index (χ3n) is 0.965. The van der Waals surface area contributed by atoms with E-state index in [0.29, 0.717) is 13.2 Å². The van der Waals surface area contributed by atoms with Gasteiger partial charge in [0.25, 0.3) is 0 Å². The van der Waals surface area contributed by atoms with Crippen LogP contribution in [0.3, 0.4) is 0 Å². The summed E-state index contributed by atoms with van der Waals surface area (Å²) in [5, 5.41) is 0. The van der Waals surface area contributed by atoms with E-state index in [-0.39, 0.29) is 6.29 Å². The molecule has 0 aliphatic rings. The van der Waals surface area contributed by atoms with Crippen LogP contribution in [-0.2, 0) is 9.47 Å². The SMILES string of the molecule is CCOC(OCC)/C(I)=C\I. The van der Waals surface area contributed by atoms with E-state index in [0.717, 1.165) is 3.58 Å². The molecule has 0 spiro atoms. The van der Waals surface area contributed by atoms with Crippen LogP contribution in [0.5, 0.6) is 0 Å². The molecule has 0 amide bonds. The van der Waals surface area contributed by atoms with E-state index in [2.05, 4.69) is 45.2 Å². The van der Waals surface area contributed by atoms with Crippen LogP contribution in [0.1, 0.15) is 13.8 Å². The van der Waals surface area contributed by atoms with Gasteiger partial charge < -0.3 is 9.47 Å². The van der Waals surface area contributed by atoms with Crippen molar-refractivity contribution >= 4 is 45.2 Å². The van der Waals surface area contributed by atoms with Gasteiger partial charge in [-0.3, -0.25) is 0 Å². The first-order chi connectivity index (χ1) is 5.26. The standard InChI is InChI=1S/C7H12I2O2/c1-3-10-7(11-4-2)6(9)5-8/h5,7H,3-4H2,1-2H3/b6-5+. The van der Waals surface area contributed by atoms with Crippen molar-refractivity contribution in [2.45, 2.75) is 20.1 Å². The van der Waals surface area contributed by atoms with Gasteiger partial charge in [-0.25, -0.2) is 0 Å². The summed E-state index contributed by atoms with van der Waals surface area (Å²) < 4.78 is 13.7. The molecule has 0 saturated carbocycles. The lowest BCUT2D eigenvalue weighted by Gasteiger charge is -2.15. The largest absolute Gasteiger partial charge is 0.348 e. The third-order valence-corrected chi connectivity index (χ3v) is 3.65. The molecule has 0 N–H and O–H groups in total. The third kappa shape index (κ3) is 5.37. The van der Waals surface area contributed by atoms with Crippen LogP contribution < -0.4 is 0 Å². The van der Waals surface area contributed by atoms with Gasteiger partial charge >= 0.3 is 0 Å². The van der Waals surface area contributed by atoms with Gasteiger partial charge in [-0.1, -0.05) is 22.6 Å². The van der Waals surface area contributed by atoms with E-state index >= 15 is 0 Å². The Labute approximate surface area is 95.0 Å². The smallest absolute Gasteiger partial charge is 0.189 e. The van der Waals surface area contributed by atoms with E-state index in [1.54, 1.807) is 0 Å². The average Bonchev–Trinajstić information content (AvgIpc) is 2.03. The highest BCUT2D eigenvalue weighted by atomic mass is 127. The first-order valence-corrected chi connectivity index (χ1v) is 5.77. The zero-order valence-electron chi connectivity index (χ0n) is 6.64. The molecule has 0 rings (SSSR count). The van der Waals surface area contributed by atoms with Crippen molar-refractivity contribution in [3.8, 4) is 0 Å². The minimum Gasteiger partial charge on any atom is -0.348 e. The fourth-order valence-electron chi connectivity index (χ4n) is 0.562. The Kier molecular flexibility index (Phi) is 8.54. The number of hydrogen-bond acceptors (Lipinski definition) is 2. The van der Waals surface area contributed by atoms with Gasteiger partial charge in [0.2, 0.25) is 0 Å². The molecule has 0 atom stereocenters. The average molecular weight is 382 g/mol. The van der Waals surface area contributed by atoms with Crippen LogP contribution in [0.4, 0.5) is 0 Å². The molecule has 0 heterocycles. The lowest BCUT2D eigenvalue weighted by Crippen LogP contribution is -2.16. The minimum atomic E-state index is -0.164. The van der Waals surface area contributed by atoms with Gasteiger partial charge in [0.1, 0.15) is 0 Å². The number of rotatable bonds is 5. The lowest BCUT2D eigenvalue weighted by molar-refractivity contribution is -0.104. The Bertz CT molecular complexity index is 120. The molecule has 0 aromatic carbocycles. The summed E-state index contributed by atoms with van der Waals surface area (Å²) in [5.41, 5.74) is 0. The Hall–Kier alpha value is 1.12. The van der Waals surface area contributed by atoms with E-state index in [1.807, 2.05) is 17.9 Å². The van der Waals surface area contributed by atoms with Gasteiger partial charge in [0.15, 0.2) is 6.29 Å². The van der Waals surface area contributed by atoms with Crippen molar-refractivity contribution in [3.05, 3.63) is 7.66 Å². The zero-order valence-corrected chi connectivity index (χ0v) is 11.0. The maximum Gasteiger partial charge on any atom is 0.189 e. The fourth-order valence-corrected chi connectivity index (χ4v) is 1.21. The molecule has 2 nitrogen and oxygen atoms in total. The van der Waals surface area contributed by atoms with E-state index in [1.165, 1.54) is 0 Å². The van der Waals surface area contributed by atoms with Crippen molar-refractivity contribution in [3.63, 3.8) is 0 Å². The van der Waals surface area contributed by atoms with Crippen molar-refractivity contribution in [2.75, 3.05) is 13.2 Å². The van der Waals surface area contributed by atoms with Crippen molar-refractivity contribution in [2.24, 2.45) is 0 Å². The van der Waals surface area contributed by atoms with Crippen LogP contribution in [0.25, 0.3) is 0 Å². The van der Waals surface area contributed by atoms with Gasteiger partial charge in [-0.2, -0.15) is 0 Å². The van der Waals surface area contributed by atoms with Crippen molar-refractivity contribution in [1.29, 1.82) is 0 Å². The van der Waals surface area contributed by atoms with Crippen molar-refractivity contribution in [1.82, 2.24) is 0 Å². The molecule has 0 aromatic heterocycles. The maximum absolute atomic E-state index is 5.33. The molecule has 0 aromatic rings. The van der Waals surface area contributed by atoms with Crippen molar-refractivity contribution < 1.29 is 9.47 Å². The number of halogens is 2. The van der Waals surface area contributed by atoms with Gasteiger partial charge in [-0.15, -0.1) is 0 Å². The summed E-state index contributed by atoms with van der Waals surface area (Å²) in [4.78, 5) is 0. The predicted octanol–water partition coefficient (Wildman–Crippen LogP) is 3.10. The molecule has 0 aliphatic heterocycles. The first kappa shape index (κ1) is 12.1. The zero-order chi connectivity index (χ0) is 8.69. The predicted molar refractivity (Wildman–Crippen MR) is 63.2 cm³/mol. The van der Waals surface area contributed by atoms with Crippen LogP contribution in [0.2, 0.25) is 0 Å². The number of hydrogen-bond donors (Lipinski definition) is 0. The maximum atomic E-state index is 5.33. The van der Waals surface area contributed by atoms with Crippen LogP contribution in [0.15, 0.2) is 7.66 Å². The molecular weight excluding hydrogens is 370 g/mol. The van der Waals surface area contributed by atoms with E-state index in [4.69, 9.17) is 9.47 Å². The molecular formula is C7H12I2O2. The van der Waals surface area contributed by atoms with E-state index in [9.17, 15) is 0 Å². The molecule has 0 aliphatic carbocycles. The summed E-state index contributed by atoms with van der Waals surface area (Å²) in [7, 11) is 0. The molecule has 4 heteroatoms. The lowest BCUT2D eigenvalue weighted by atomic mass is 10.6. The summed E-state index contributed by atoms with van der Waals surface area (Å²) in [6.07, 6.45) is -0.164. The Balaban J connectivity index is 3.87. The van der Waals surface area contributed by atoms with Gasteiger partial charge in [-0.05, 0) is 40.5 Å². The minimum absolute atomic E-state index is 0.164. The summed E-state index contributed by atoms with van der Waals surface area (Å²) >= 11 is 4.40. The molecule has 11 heavy (non-hydrogen) atoms. The quantitative estimate of drug-likeness (QED) is 0.538. The first-order valence-electron chi connectivity index (χ1n) is 3.45. The Morgan fingerprint density at radius 2 is 1.82 bits per heavy atom. The monoisotopic (exact) mass is 382 g/mol. The molecule has 0 fully saturated rings. The highest BCUT2D eigenvalue weighted by Crippen LogP contribution is 2.18. The molecule has 0 saturated heterocycles. The molecule has 66 valence electrons. The van der Waals surface area contributed by atoms with E-state index < -0.39 is 0 Å². The Morgan fingerprint density at radius 3 is 2.09 bits per heavy atom. The summed E-state index contributed by atoms with van der Waals surface area (Å²) in [5.74, 6) is 0. The highest BCUT2D eigenvalue weighted by Gasteiger charge is 2.10. The number of ether oxygens (including phenoxy) is 2. The van der Waals surface area contributed by atoms with Crippen LogP contribution in [-0.4, -0.2) is 19.5 Å². The van der Waals surface area contributed by atoms with Crippen LogP contribution >= 0.6 is 45.2 Å². The van der Waals surface area contributed by atoms with Crippen LogP contribution in [0, 0.1) is 0 Å². The molecule has 0 bridgehead atoms. The summed E-state index contributed by atoms with van der Waals surface area (Å²) in [6, 6.07) is 0. The topological polar surface area (TPSA) is 18.5 Å². The molecule has 0 radical (unpaired) electrons. The fraction of sp³-hybridized carbons (Fsp3) is 0.714.